The molecule has 1 unspecified atom stereocenters. The van der Waals surface area contributed by atoms with Gasteiger partial charge in [-0.3, -0.25) is 4.98 Å². The zero-order chi connectivity index (χ0) is 13.0. The average molecular weight is 309 g/mol. The number of nitrogens with one attached hydrogen (secondary N) is 1. The Hall–Kier alpha value is -1.26. The molecule has 2 nitrogen and oxygen atoms in total. The smallest absolute Gasteiger partial charge is 0.142 e. The summed E-state index contributed by atoms with van der Waals surface area (Å²) in [4.78, 5) is 4.30. The Morgan fingerprint density at radius 3 is 2.78 bits per heavy atom. The van der Waals surface area contributed by atoms with E-state index < -0.39 is 0 Å². The summed E-state index contributed by atoms with van der Waals surface area (Å²) >= 11 is 3.21. The van der Waals surface area contributed by atoms with E-state index in [0.29, 0.717) is 10.0 Å². The van der Waals surface area contributed by atoms with Gasteiger partial charge in [0.25, 0.3) is 0 Å². The first-order chi connectivity index (χ1) is 8.74. The van der Waals surface area contributed by atoms with Crippen LogP contribution in [0.2, 0.25) is 0 Å². The lowest BCUT2D eigenvalue weighted by atomic mass is 10.0. The molecule has 0 aliphatic carbocycles. The first-order valence-electron chi connectivity index (χ1n) is 5.82. The van der Waals surface area contributed by atoms with Crippen LogP contribution in [-0.4, -0.2) is 11.5 Å². The van der Waals surface area contributed by atoms with Crippen molar-refractivity contribution in [3.8, 4) is 0 Å². The van der Waals surface area contributed by atoms with Gasteiger partial charge in [0.15, 0.2) is 0 Å². The van der Waals surface area contributed by atoms with Crippen molar-refractivity contribution in [3.05, 3.63) is 64.1 Å². The summed E-state index contributed by atoms with van der Waals surface area (Å²) in [6.45, 7) is 2.74. The molecule has 18 heavy (non-hydrogen) atoms. The lowest BCUT2D eigenvalue weighted by Crippen LogP contribution is -2.23. The summed E-state index contributed by atoms with van der Waals surface area (Å²) in [6, 6.07) is 10.7. The molecule has 4 heteroatoms. The number of aromatic nitrogens is 1. The zero-order valence-corrected chi connectivity index (χ0v) is 11.6. The minimum Gasteiger partial charge on any atom is -0.305 e. The van der Waals surface area contributed by atoms with Crippen molar-refractivity contribution in [2.45, 2.75) is 13.0 Å². The number of pyridine rings is 1. The highest BCUT2D eigenvalue weighted by molar-refractivity contribution is 9.10. The van der Waals surface area contributed by atoms with Crippen molar-refractivity contribution < 1.29 is 4.39 Å². The Morgan fingerprint density at radius 1 is 1.28 bits per heavy atom. The average Bonchev–Trinajstić information content (AvgIpc) is 2.41. The molecule has 0 saturated heterocycles. The molecule has 2 aromatic rings. The standard InChI is InChI=1S/C14H14BrFN2/c1-2-17-14(12-8-3-4-9-18-12)10-6-5-7-11(15)13(10)16/h3-9,14,17H,2H2,1H3. The van der Waals surface area contributed by atoms with Gasteiger partial charge in [-0.25, -0.2) is 4.39 Å². The quantitative estimate of drug-likeness (QED) is 0.932. The Kier molecular flexibility index (Phi) is 4.44. The van der Waals surface area contributed by atoms with Gasteiger partial charge < -0.3 is 5.32 Å². The second-order valence-corrected chi connectivity index (χ2v) is 4.74. The Morgan fingerprint density at radius 2 is 2.11 bits per heavy atom. The fourth-order valence-electron chi connectivity index (χ4n) is 1.87. The second-order valence-electron chi connectivity index (χ2n) is 3.89. The summed E-state index contributed by atoms with van der Waals surface area (Å²) in [6.07, 6.45) is 1.72. The largest absolute Gasteiger partial charge is 0.305 e. The predicted octanol–water partition coefficient (Wildman–Crippen LogP) is 3.68. The molecule has 1 aromatic heterocycles. The minimum absolute atomic E-state index is 0.228. The number of nitrogens with zero attached hydrogens (tertiary/aromatic N) is 1. The first-order valence-corrected chi connectivity index (χ1v) is 6.61. The summed E-state index contributed by atoms with van der Waals surface area (Å²) in [5.41, 5.74) is 1.42. The maximum absolute atomic E-state index is 14.1. The van der Waals surface area contributed by atoms with Gasteiger partial charge in [0, 0.05) is 11.8 Å². The van der Waals surface area contributed by atoms with Crippen LogP contribution in [0.15, 0.2) is 47.1 Å². The topological polar surface area (TPSA) is 24.9 Å². The SMILES string of the molecule is CCNC(c1ccccn1)c1cccc(Br)c1F. The molecule has 0 aliphatic heterocycles. The van der Waals surface area contributed by atoms with Crippen LogP contribution in [0.5, 0.6) is 0 Å². The van der Waals surface area contributed by atoms with Crippen molar-refractivity contribution in [2.24, 2.45) is 0 Å². The highest BCUT2D eigenvalue weighted by atomic mass is 79.9. The molecule has 0 spiro atoms. The van der Waals surface area contributed by atoms with Crippen LogP contribution in [0.25, 0.3) is 0 Å². The van der Waals surface area contributed by atoms with E-state index in [9.17, 15) is 4.39 Å². The van der Waals surface area contributed by atoms with E-state index >= 15 is 0 Å². The molecule has 0 radical (unpaired) electrons. The molecule has 0 bridgehead atoms. The van der Waals surface area contributed by atoms with Crippen molar-refractivity contribution in [2.75, 3.05) is 6.54 Å². The van der Waals surface area contributed by atoms with Gasteiger partial charge in [-0.2, -0.15) is 0 Å². The molecule has 0 amide bonds. The third-order valence-corrected chi connectivity index (χ3v) is 3.30. The van der Waals surface area contributed by atoms with E-state index in [0.717, 1.165) is 12.2 Å². The molecular weight excluding hydrogens is 295 g/mol. The van der Waals surface area contributed by atoms with E-state index in [1.54, 1.807) is 18.3 Å². The third-order valence-electron chi connectivity index (χ3n) is 2.68. The van der Waals surface area contributed by atoms with Crippen LogP contribution in [0.1, 0.15) is 24.2 Å². The second kappa shape index (κ2) is 6.07. The predicted molar refractivity (Wildman–Crippen MR) is 73.9 cm³/mol. The van der Waals surface area contributed by atoms with Crippen LogP contribution < -0.4 is 5.32 Å². The number of benzene rings is 1. The summed E-state index contributed by atoms with van der Waals surface area (Å²) in [7, 11) is 0. The summed E-state index contributed by atoms with van der Waals surface area (Å²) in [5.74, 6) is -0.242. The zero-order valence-electron chi connectivity index (χ0n) is 10.0. The highest BCUT2D eigenvalue weighted by Crippen LogP contribution is 2.27. The monoisotopic (exact) mass is 308 g/mol. The number of hydrogen-bond acceptors (Lipinski definition) is 2. The summed E-state index contributed by atoms with van der Waals surface area (Å²) < 4.78 is 14.6. The van der Waals surface area contributed by atoms with Gasteiger partial charge in [-0.15, -0.1) is 0 Å². The number of rotatable bonds is 4. The van der Waals surface area contributed by atoms with Crippen LogP contribution in [0.3, 0.4) is 0 Å². The molecule has 1 heterocycles. The molecule has 0 fully saturated rings. The van der Waals surface area contributed by atoms with Gasteiger partial charge in [0.2, 0.25) is 0 Å². The molecular formula is C14H14BrFN2. The van der Waals surface area contributed by atoms with Crippen LogP contribution >= 0.6 is 15.9 Å². The van der Waals surface area contributed by atoms with E-state index in [4.69, 9.17) is 0 Å². The fraction of sp³-hybridized carbons (Fsp3) is 0.214. The highest BCUT2D eigenvalue weighted by Gasteiger charge is 2.19. The Bertz CT molecular complexity index is 516. The van der Waals surface area contributed by atoms with E-state index in [-0.39, 0.29) is 11.9 Å². The minimum atomic E-state index is -0.242. The molecule has 1 atom stereocenters. The Labute approximate surface area is 114 Å². The van der Waals surface area contributed by atoms with Crippen LogP contribution in [0, 0.1) is 5.82 Å². The normalized spacial score (nSPS) is 12.4. The van der Waals surface area contributed by atoms with Crippen molar-refractivity contribution in [1.82, 2.24) is 10.3 Å². The third kappa shape index (κ3) is 2.76. The van der Waals surface area contributed by atoms with Gasteiger partial charge >= 0.3 is 0 Å². The number of halogens is 2. The van der Waals surface area contributed by atoms with Crippen molar-refractivity contribution >= 4 is 15.9 Å². The molecule has 94 valence electrons. The van der Waals surface area contributed by atoms with Gasteiger partial charge in [0.1, 0.15) is 5.82 Å². The summed E-state index contributed by atoms with van der Waals surface area (Å²) in [5, 5.41) is 3.26. The van der Waals surface area contributed by atoms with Crippen molar-refractivity contribution in [3.63, 3.8) is 0 Å². The van der Waals surface area contributed by atoms with Gasteiger partial charge in [-0.1, -0.05) is 25.1 Å². The van der Waals surface area contributed by atoms with Crippen molar-refractivity contribution in [1.29, 1.82) is 0 Å². The van der Waals surface area contributed by atoms with Gasteiger partial charge in [0.05, 0.1) is 16.2 Å². The maximum Gasteiger partial charge on any atom is 0.142 e. The Balaban J connectivity index is 2.45. The van der Waals surface area contributed by atoms with E-state index in [2.05, 4.69) is 26.2 Å². The fourth-order valence-corrected chi connectivity index (χ4v) is 2.25. The molecule has 0 aliphatic rings. The molecule has 0 saturated carbocycles. The number of hydrogen-bond donors (Lipinski definition) is 1. The maximum atomic E-state index is 14.1. The molecule has 2 rings (SSSR count). The van der Waals surface area contributed by atoms with Crippen LogP contribution in [-0.2, 0) is 0 Å². The van der Waals surface area contributed by atoms with E-state index in [1.807, 2.05) is 31.2 Å². The lowest BCUT2D eigenvalue weighted by Gasteiger charge is -2.18. The molecule has 1 N–H and O–H groups in total. The van der Waals surface area contributed by atoms with Gasteiger partial charge in [-0.05, 0) is 40.7 Å². The van der Waals surface area contributed by atoms with E-state index in [1.165, 1.54) is 0 Å². The van der Waals surface area contributed by atoms with Crippen LogP contribution in [0.4, 0.5) is 4.39 Å². The first kappa shape index (κ1) is 13.2. The lowest BCUT2D eigenvalue weighted by molar-refractivity contribution is 0.548. The molecule has 1 aromatic carbocycles.